The van der Waals surface area contributed by atoms with E-state index in [1.165, 1.54) is 22.0 Å². The van der Waals surface area contributed by atoms with Crippen LogP contribution in [0.3, 0.4) is 0 Å². The summed E-state index contributed by atoms with van der Waals surface area (Å²) < 4.78 is 0. The number of nitrogens with zero attached hydrogens (tertiary/aromatic N) is 4. The summed E-state index contributed by atoms with van der Waals surface area (Å²) >= 11 is 0. The molecular formula is C23H26N4. The fourth-order valence-corrected chi connectivity index (χ4v) is 4.06. The summed E-state index contributed by atoms with van der Waals surface area (Å²) in [4.78, 5) is 14.2. The number of hydrogen-bond donors (Lipinski definition) is 0. The van der Waals surface area contributed by atoms with Crippen LogP contribution in [0.15, 0.2) is 65.9 Å². The summed E-state index contributed by atoms with van der Waals surface area (Å²) in [5.74, 6) is 1.06. The highest BCUT2D eigenvalue weighted by molar-refractivity contribution is 6.27. The van der Waals surface area contributed by atoms with Crippen LogP contribution >= 0.6 is 0 Å². The highest BCUT2D eigenvalue weighted by Gasteiger charge is 2.32. The van der Waals surface area contributed by atoms with Crippen molar-refractivity contribution >= 4 is 22.3 Å². The number of aromatic nitrogens is 1. The molecule has 2 heterocycles. The molecular weight excluding hydrogens is 332 g/mol. The van der Waals surface area contributed by atoms with Gasteiger partial charge < -0.3 is 4.90 Å². The van der Waals surface area contributed by atoms with Gasteiger partial charge in [0, 0.05) is 23.3 Å². The van der Waals surface area contributed by atoms with Crippen molar-refractivity contribution in [3.8, 4) is 0 Å². The molecule has 2 aromatic carbocycles. The Balaban J connectivity index is 1.83. The maximum absolute atomic E-state index is 5.06. The van der Waals surface area contributed by atoms with Gasteiger partial charge in [-0.25, -0.2) is 0 Å². The fraction of sp³-hybridized carbons (Fsp3) is 0.304. The molecule has 1 atom stereocenters. The van der Waals surface area contributed by atoms with Gasteiger partial charge in [-0.05, 0) is 43.1 Å². The van der Waals surface area contributed by atoms with Crippen molar-refractivity contribution in [2.24, 2.45) is 4.99 Å². The molecule has 0 saturated heterocycles. The van der Waals surface area contributed by atoms with Crippen LogP contribution in [0.1, 0.15) is 31.9 Å². The summed E-state index contributed by atoms with van der Waals surface area (Å²) in [6.45, 7) is 9.37. The highest BCUT2D eigenvalue weighted by Crippen LogP contribution is 2.39. The number of anilines is 1. The van der Waals surface area contributed by atoms with E-state index in [4.69, 9.17) is 4.99 Å². The molecule has 0 fully saturated rings. The highest BCUT2D eigenvalue weighted by atomic mass is 15.4. The second-order valence-corrected chi connectivity index (χ2v) is 6.91. The first kappa shape index (κ1) is 17.7. The van der Waals surface area contributed by atoms with E-state index in [0.717, 1.165) is 24.5 Å². The van der Waals surface area contributed by atoms with Crippen LogP contribution < -0.4 is 4.90 Å². The molecule has 0 saturated carbocycles. The Morgan fingerprint density at radius 2 is 1.81 bits per heavy atom. The van der Waals surface area contributed by atoms with Gasteiger partial charge in [-0.3, -0.25) is 14.9 Å². The minimum atomic E-state index is 0.241. The lowest BCUT2D eigenvalue weighted by Gasteiger charge is -2.36. The largest absolute Gasteiger partial charge is 0.310 e. The number of amidine groups is 1. The fourth-order valence-electron chi connectivity index (χ4n) is 4.06. The van der Waals surface area contributed by atoms with Gasteiger partial charge in [-0.2, -0.15) is 0 Å². The van der Waals surface area contributed by atoms with E-state index >= 15 is 0 Å². The van der Waals surface area contributed by atoms with Crippen molar-refractivity contribution in [3.05, 3.63) is 72.1 Å². The predicted octanol–water partition coefficient (Wildman–Crippen LogP) is 4.69. The minimum absolute atomic E-state index is 0.241. The molecule has 1 aromatic heterocycles. The summed E-state index contributed by atoms with van der Waals surface area (Å²) in [7, 11) is 0. The quantitative estimate of drug-likeness (QED) is 0.641. The van der Waals surface area contributed by atoms with Gasteiger partial charge in [-0.15, -0.1) is 0 Å². The van der Waals surface area contributed by atoms with Gasteiger partial charge in [0.25, 0.3) is 0 Å². The predicted molar refractivity (Wildman–Crippen MR) is 113 cm³/mol. The molecule has 0 bridgehead atoms. The lowest BCUT2D eigenvalue weighted by molar-refractivity contribution is 0.238. The third kappa shape index (κ3) is 3.10. The second kappa shape index (κ2) is 7.49. The van der Waals surface area contributed by atoms with Crippen LogP contribution in [0, 0.1) is 0 Å². The van der Waals surface area contributed by atoms with Crippen LogP contribution in [-0.2, 0) is 6.54 Å². The molecule has 4 nitrogen and oxygen atoms in total. The molecule has 0 spiro atoms. The van der Waals surface area contributed by atoms with Gasteiger partial charge in [0.1, 0.15) is 5.84 Å². The normalized spacial score (nSPS) is 15.9. The average molecular weight is 358 g/mol. The zero-order valence-corrected chi connectivity index (χ0v) is 16.3. The number of aliphatic imine (C=N–C) groups is 1. The van der Waals surface area contributed by atoms with Crippen molar-refractivity contribution in [3.63, 3.8) is 0 Å². The summed E-state index contributed by atoms with van der Waals surface area (Å²) in [6.07, 6.45) is 3.94. The molecule has 1 unspecified atom stereocenters. The molecule has 1 aliphatic heterocycles. The monoisotopic (exact) mass is 358 g/mol. The molecule has 0 aliphatic carbocycles. The lowest BCUT2D eigenvalue weighted by atomic mass is 10.1. The summed E-state index contributed by atoms with van der Waals surface area (Å²) in [5.41, 5.74) is 3.61. The third-order valence-electron chi connectivity index (χ3n) is 5.46. The van der Waals surface area contributed by atoms with E-state index < -0.39 is 0 Å². The van der Waals surface area contributed by atoms with E-state index in [9.17, 15) is 0 Å². The third-order valence-corrected chi connectivity index (χ3v) is 5.46. The number of pyridine rings is 1. The van der Waals surface area contributed by atoms with Crippen molar-refractivity contribution in [1.29, 1.82) is 0 Å². The van der Waals surface area contributed by atoms with Crippen LogP contribution in [0.5, 0.6) is 0 Å². The van der Waals surface area contributed by atoms with Crippen LogP contribution in [-0.4, -0.2) is 35.0 Å². The molecule has 0 N–H and O–H groups in total. The van der Waals surface area contributed by atoms with Crippen molar-refractivity contribution in [2.45, 2.75) is 33.5 Å². The lowest BCUT2D eigenvalue weighted by Crippen LogP contribution is -2.48. The first-order valence-electron chi connectivity index (χ1n) is 9.73. The van der Waals surface area contributed by atoms with Gasteiger partial charge in [0.2, 0.25) is 0 Å². The first-order chi connectivity index (χ1) is 13.2. The smallest absolute Gasteiger partial charge is 0.137 e. The van der Waals surface area contributed by atoms with Crippen molar-refractivity contribution < 1.29 is 0 Å². The van der Waals surface area contributed by atoms with Gasteiger partial charge in [0.15, 0.2) is 0 Å². The minimum Gasteiger partial charge on any atom is -0.310 e. The van der Waals surface area contributed by atoms with E-state index in [1.54, 1.807) is 6.20 Å². The topological polar surface area (TPSA) is 31.7 Å². The van der Waals surface area contributed by atoms with Crippen molar-refractivity contribution in [1.82, 2.24) is 9.88 Å². The summed E-state index contributed by atoms with van der Waals surface area (Å²) in [5, 5.41) is 2.58. The second-order valence-electron chi connectivity index (χ2n) is 6.91. The molecule has 3 aromatic rings. The Morgan fingerprint density at radius 3 is 2.52 bits per heavy atom. The maximum Gasteiger partial charge on any atom is 0.137 e. The molecule has 0 radical (unpaired) electrons. The molecule has 4 heteroatoms. The van der Waals surface area contributed by atoms with Crippen LogP contribution in [0.25, 0.3) is 10.8 Å². The number of benzene rings is 2. The van der Waals surface area contributed by atoms with Crippen LogP contribution in [0.2, 0.25) is 0 Å². The maximum atomic E-state index is 5.06. The Labute approximate surface area is 161 Å². The number of rotatable bonds is 6. The zero-order valence-electron chi connectivity index (χ0n) is 16.3. The van der Waals surface area contributed by atoms with E-state index in [0.29, 0.717) is 6.54 Å². The molecule has 138 valence electrons. The van der Waals surface area contributed by atoms with Gasteiger partial charge in [-0.1, -0.05) is 50.2 Å². The molecule has 27 heavy (non-hydrogen) atoms. The van der Waals surface area contributed by atoms with Gasteiger partial charge in [0.05, 0.1) is 18.4 Å². The van der Waals surface area contributed by atoms with Crippen molar-refractivity contribution in [2.75, 3.05) is 18.0 Å². The van der Waals surface area contributed by atoms with E-state index in [1.807, 2.05) is 12.3 Å². The summed E-state index contributed by atoms with van der Waals surface area (Å²) in [6, 6.07) is 17.1. The van der Waals surface area contributed by atoms with E-state index in [2.05, 4.69) is 78.0 Å². The molecule has 1 aliphatic rings. The Kier molecular flexibility index (Phi) is 4.90. The standard InChI is InChI=1S/C23H26N4/c1-4-26(5-2)17(3)27-21-13-7-11-19-10-6-12-20(22(19)21)23(27)25-16-18-9-8-14-24-15-18/h6-15,17H,4-5,16H2,1-3H3. The zero-order chi connectivity index (χ0) is 18.8. The van der Waals surface area contributed by atoms with Crippen LogP contribution in [0.4, 0.5) is 5.69 Å². The first-order valence-corrected chi connectivity index (χ1v) is 9.73. The Morgan fingerprint density at radius 1 is 1.04 bits per heavy atom. The number of hydrogen-bond acceptors (Lipinski definition) is 3. The molecule has 0 amide bonds. The molecule has 4 rings (SSSR count). The van der Waals surface area contributed by atoms with E-state index in [-0.39, 0.29) is 6.17 Å². The average Bonchev–Trinajstić information content (AvgIpc) is 3.04. The van der Waals surface area contributed by atoms with Gasteiger partial charge >= 0.3 is 0 Å². The SMILES string of the molecule is CCN(CC)C(C)N1C(=NCc2cccnc2)c2cccc3cccc1c23. The Hall–Kier alpha value is -2.72. The Bertz CT molecular complexity index is 955.